The average Bonchev–Trinajstić information content (AvgIpc) is 2.27. The molecule has 2 rings (SSSR count). The first-order chi connectivity index (χ1) is 8.42. The number of nitrogens with zero attached hydrogens (tertiary/aromatic N) is 2. The Bertz CT molecular complexity index is 471. The molecule has 0 spiro atoms. The first-order valence-electron chi connectivity index (χ1n) is 6.15. The minimum absolute atomic E-state index is 0.114. The predicted octanol–water partition coefficient (Wildman–Crippen LogP) is 2.09. The number of nitro benzene ring substituents is 1. The standard InChI is InChI=1S/C13H19N3O2/c1-10-4-5-11(16(17)18)12(8-10)15-7-6-14-9-13(15,2)3/h4-5,8,14H,6-7,9H2,1-3H3. The number of anilines is 1. The minimum Gasteiger partial charge on any atom is -0.358 e. The minimum atomic E-state index is -0.299. The van der Waals surface area contributed by atoms with E-state index in [0.717, 1.165) is 30.9 Å². The van der Waals surface area contributed by atoms with Crippen molar-refractivity contribution in [3.8, 4) is 0 Å². The Morgan fingerprint density at radius 1 is 1.44 bits per heavy atom. The lowest BCUT2D eigenvalue weighted by Crippen LogP contribution is -2.58. The van der Waals surface area contributed by atoms with Crippen LogP contribution in [0.2, 0.25) is 0 Å². The highest BCUT2D eigenvalue weighted by molar-refractivity contribution is 5.66. The summed E-state index contributed by atoms with van der Waals surface area (Å²) in [5.74, 6) is 0. The number of rotatable bonds is 2. The normalized spacial score (nSPS) is 18.7. The van der Waals surface area contributed by atoms with E-state index in [9.17, 15) is 10.1 Å². The van der Waals surface area contributed by atoms with Gasteiger partial charge in [0.25, 0.3) is 5.69 Å². The Morgan fingerprint density at radius 2 is 2.17 bits per heavy atom. The molecule has 1 aromatic carbocycles. The SMILES string of the molecule is Cc1ccc([N+](=O)[O-])c(N2CCNCC2(C)C)c1. The molecular formula is C13H19N3O2. The van der Waals surface area contributed by atoms with Crippen molar-refractivity contribution < 1.29 is 4.92 Å². The van der Waals surface area contributed by atoms with Gasteiger partial charge in [0.15, 0.2) is 0 Å². The monoisotopic (exact) mass is 249 g/mol. The van der Waals surface area contributed by atoms with Gasteiger partial charge in [-0.1, -0.05) is 6.07 Å². The summed E-state index contributed by atoms with van der Waals surface area (Å²) >= 11 is 0. The van der Waals surface area contributed by atoms with Crippen LogP contribution in [0, 0.1) is 17.0 Å². The zero-order valence-corrected chi connectivity index (χ0v) is 11.1. The fourth-order valence-electron chi connectivity index (χ4n) is 2.43. The zero-order chi connectivity index (χ0) is 13.3. The summed E-state index contributed by atoms with van der Waals surface area (Å²) in [4.78, 5) is 13.0. The number of nitro groups is 1. The van der Waals surface area contributed by atoms with Gasteiger partial charge in [-0.3, -0.25) is 10.1 Å². The zero-order valence-electron chi connectivity index (χ0n) is 11.1. The topological polar surface area (TPSA) is 58.4 Å². The molecule has 18 heavy (non-hydrogen) atoms. The molecule has 1 heterocycles. The van der Waals surface area contributed by atoms with Crippen molar-refractivity contribution >= 4 is 11.4 Å². The molecule has 0 unspecified atom stereocenters. The Kier molecular flexibility index (Phi) is 3.26. The largest absolute Gasteiger partial charge is 0.358 e. The second-order valence-corrected chi connectivity index (χ2v) is 5.39. The van der Waals surface area contributed by atoms with Crippen molar-refractivity contribution in [2.45, 2.75) is 26.3 Å². The van der Waals surface area contributed by atoms with Crippen LogP contribution in [0.1, 0.15) is 19.4 Å². The highest BCUT2D eigenvalue weighted by Crippen LogP contribution is 2.34. The van der Waals surface area contributed by atoms with Crippen LogP contribution in [0.5, 0.6) is 0 Å². The Balaban J connectivity index is 2.48. The Morgan fingerprint density at radius 3 is 2.78 bits per heavy atom. The Labute approximate surface area is 107 Å². The molecule has 1 aliphatic rings. The molecule has 0 aliphatic carbocycles. The molecule has 5 nitrogen and oxygen atoms in total. The van der Waals surface area contributed by atoms with E-state index >= 15 is 0 Å². The number of nitrogens with one attached hydrogen (secondary N) is 1. The maximum absolute atomic E-state index is 11.1. The number of piperazine rings is 1. The van der Waals surface area contributed by atoms with Gasteiger partial charge in [0.1, 0.15) is 5.69 Å². The van der Waals surface area contributed by atoms with Gasteiger partial charge >= 0.3 is 0 Å². The first kappa shape index (κ1) is 12.8. The molecule has 0 saturated carbocycles. The Hall–Kier alpha value is -1.62. The summed E-state index contributed by atoms with van der Waals surface area (Å²) in [6, 6.07) is 5.30. The lowest BCUT2D eigenvalue weighted by molar-refractivity contribution is -0.384. The lowest BCUT2D eigenvalue weighted by atomic mass is 9.98. The van der Waals surface area contributed by atoms with E-state index in [1.165, 1.54) is 0 Å². The summed E-state index contributed by atoms with van der Waals surface area (Å²) in [6.07, 6.45) is 0. The summed E-state index contributed by atoms with van der Waals surface area (Å²) in [6.45, 7) is 8.64. The third-order valence-corrected chi connectivity index (χ3v) is 3.42. The number of benzene rings is 1. The van der Waals surface area contributed by atoms with Gasteiger partial charge in [-0.2, -0.15) is 0 Å². The number of hydrogen-bond donors (Lipinski definition) is 1. The van der Waals surface area contributed by atoms with E-state index in [1.54, 1.807) is 12.1 Å². The molecule has 0 atom stereocenters. The molecule has 1 N–H and O–H groups in total. The predicted molar refractivity (Wildman–Crippen MR) is 72.1 cm³/mol. The van der Waals surface area contributed by atoms with E-state index in [0.29, 0.717) is 0 Å². The van der Waals surface area contributed by atoms with Gasteiger partial charge in [0, 0.05) is 31.2 Å². The molecule has 0 aromatic heterocycles. The summed E-state index contributed by atoms with van der Waals surface area (Å²) < 4.78 is 0. The van der Waals surface area contributed by atoms with Gasteiger partial charge in [-0.25, -0.2) is 0 Å². The molecule has 0 radical (unpaired) electrons. The second-order valence-electron chi connectivity index (χ2n) is 5.39. The highest BCUT2D eigenvalue weighted by atomic mass is 16.6. The van der Waals surface area contributed by atoms with Crippen LogP contribution >= 0.6 is 0 Å². The third kappa shape index (κ3) is 2.31. The maximum Gasteiger partial charge on any atom is 0.292 e. The van der Waals surface area contributed by atoms with Crippen molar-refractivity contribution in [3.05, 3.63) is 33.9 Å². The fraction of sp³-hybridized carbons (Fsp3) is 0.538. The molecule has 5 heteroatoms. The van der Waals surface area contributed by atoms with Crippen molar-refractivity contribution in [1.29, 1.82) is 0 Å². The van der Waals surface area contributed by atoms with Crippen LogP contribution in [0.15, 0.2) is 18.2 Å². The fourth-order valence-corrected chi connectivity index (χ4v) is 2.43. The van der Waals surface area contributed by atoms with Gasteiger partial charge in [0.05, 0.1) is 4.92 Å². The van der Waals surface area contributed by atoms with Crippen LogP contribution in [0.3, 0.4) is 0 Å². The van der Waals surface area contributed by atoms with Crippen molar-refractivity contribution in [2.24, 2.45) is 0 Å². The van der Waals surface area contributed by atoms with Gasteiger partial charge in [0.2, 0.25) is 0 Å². The number of hydrogen-bond acceptors (Lipinski definition) is 4. The van der Waals surface area contributed by atoms with Crippen molar-refractivity contribution in [3.63, 3.8) is 0 Å². The second kappa shape index (κ2) is 4.57. The van der Waals surface area contributed by atoms with Crippen LogP contribution < -0.4 is 10.2 Å². The van der Waals surface area contributed by atoms with E-state index in [-0.39, 0.29) is 16.1 Å². The van der Waals surface area contributed by atoms with Crippen molar-refractivity contribution in [2.75, 3.05) is 24.5 Å². The molecule has 1 saturated heterocycles. The first-order valence-corrected chi connectivity index (χ1v) is 6.15. The van der Waals surface area contributed by atoms with Crippen LogP contribution in [-0.4, -0.2) is 30.1 Å². The molecular weight excluding hydrogens is 230 g/mol. The average molecular weight is 249 g/mol. The lowest BCUT2D eigenvalue weighted by Gasteiger charge is -2.44. The smallest absolute Gasteiger partial charge is 0.292 e. The third-order valence-electron chi connectivity index (χ3n) is 3.42. The summed E-state index contributed by atoms with van der Waals surface area (Å²) in [5, 5.41) is 14.5. The summed E-state index contributed by atoms with van der Waals surface area (Å²) in [5.41, 5.74) is 1.85. The molecule has 98 valence electrons. The van der Waals surface area contributed by atoms with Crippen LogP contribution in [0.4, 0.5) is 11.4 Å². The van der Waals surface area contributed by atoms with E-state index in [2.05, 4.69) is 24.1 Å². The quantitative estimate of drug-likeness (QED) is 0.644. The molecule has 1 aromatic rings. The van der Waals surface area contributed by atoms with Crippen molar-refractivity contribution in [1.82, 2.24) is 5.32 Å². The van der Waals surface area contributed by atoms with E-state index in [1.807, 2.05) is 13.0 Å². The highest BCUT2D eigenvalue weighted by Gasteiger charge is 2.33. The van der Waals surface area contributed by atoms with E-state index < -0.39 is 0 Å². The molecule has 0 bridgehead atoms. The van der Waals surface area contributed by atoms with Gasteiger partial charge in [-0.15, -0.1) is 0 Å². The molecule has 1 aliphatic heterocycles. The molecule has 1 fully saturated rings. The van der Waals surface area contributed by atoms with E-state index in [4.69, 9.17) is 0 Å². The van der Waals surface area contributed by atoms with Crippen LogP contribution in [0.25, 0.3) is 0 Å². The molecule has 0 amide bonds. The summed E-state index contributed by atoms with van der Waals surface area (Å²) in [7, 11) is 0. The maximum atomic E-state index is 11.1. The van der Waals surface area contributed by atoms with Crippen LogP contribution in [-0.2, 0) is 0 Å². The van der Waals surface area contributed by atoms with Gasteiger partial charge < -0.3 is 10.2 Å². The number of aryl methyl sites for hydroxylation is 1. The van der Waals surface area contributed by atoms with Gasteiger partial charge in [-0.05, 0) is 32.4 Å².